The molecule has 0 radical (unpaired) electrons. The van der Waals surface area contributed by atoms with Gasteiger partial charge in [-0.05, 0) is 18.4 Å². The van der Waals surface area contributed by atoms with Crippen molar-refractivity contribution in [3.63, 3.8) is 0 Å². The highest BCUT2D eigenvalue weighted by molar-refractivity contribution is 5.13. The lowest BCUT2D eigenvalue weighted by Crippen LogP contribution is -2.38. The molecule has 0 fully saturated rings. The van der Waals surface area contributed by atoms with Gasteiger partial charge >= 0.3 is 0 Å². The summed E-state index contributed by atoms with van der Waals surface area (Å²) in [5.74, 6) is 2.12. The highest BCUT2D eigenvalue weighted by atomic mass is 15.1. The molecule has 0 saturated carbocycles. The van der Waals surface area contributed by atoms with Gasteiger partial charge in [0, 0.05) is 0 Å². The third kappa shape index (κ3) is 17.0. The maximum atomic E-state index is 3.65. The van der Waals surface area contributed by atoms with Crippen molar-refractivity contribution >= 4 is 0 Å². The van der Waals surface area contributed by atoms with E-state index >= 15 is 0 Å². The quantitative estimate of drug-likeness (QED) is 0.0863. The first-order valence-corrected chi connectivity index (χ1v) is 17.5. The summed E-state index contributed by atoms with van der Waals surface area (Å²) in [4.78, 5) is 3.65. The fraction of sp³-hybridized carbons (Fsp3) is 0.757. The maximum absolute atomic E-state index is 3.65. The van der Waals surface area contributed by atoms with Gasteiger partial charge in [0.15, 0.2) is 0 Å². The maximum Gasteiger partial charge on any atom is 0.257 e. The SMILES string of the molecule is CCCCCCCCCCCCCCCCCC[C@H](CCCCCCCC)c1[nH]cc[n+]1Cc1ccccc1. The van der Waals surface area contributed by atoms with Gasteiger partial charge in [0.1, 0.15) is 18.9 Å². The second-order valence-corrected chi connectivity index (χ2v) is 12.3. The molecule has 0 saturated heterocycles. The zero-order chi connectivity index (χ0) is 27.6. The molecule has 0 aliphatic heterocycles. The Labute approximate surface area is 243 Å². The number of imidazole rings is 1. The average molecular weight is 538 g/mol. The van der Waals surface area contributed by atoms with Gasteiger partial charge in [-0.1, -0.05) is 185 Å². The van der Waals surface area contributed by atoms with Crippen molar-refractivity contribution in [1.29, 1.82) is 0 Å². The standard InChI is InChI=1S/C37H64N2/c1-3-5-7-9-11-12-13-14-15-16-17-18-19-20-22-27-31-36(30-26-21-10-8-6-4-2)37-38-32-33-39(37)34-35-28-24-23-25-29-35/h23-25,28-29,32-33,36H,3-22,26-27,30-31,34H2,1-2H3/p+1/t36-/m0/s1. The second kappa shape index (κ2) is 24.2. The van der Waals surface area contributed by atoms with Crippen molar-refractivity contribution in [1.82, 2.24) is 4.98 Å². The van der Waals surface area contributed by atoms with Gasteiger partial charge in [-0.2, -0.15) is 0 Å². The van der Waals surface area contributed by atoms with E-state index < -0.39 is 0 Å². The summed E-state index contributed by atoms with van der Waals surface area (Å²) < 4.78 is 2.48. The van der Waals surface area contributed by atoms with Gasteiger partial charge in [-0.25, -0.2) is 9.55 Å². The predicted octanol–water partition coefficient (Wildman–Crippen LogP) is 11.8. The van der Waals surface area contributed by atoms with Crippen molar-refractivity contribution in [2.75, 3.05) is 0 Å². The summed E-state index contributed by atoms with van der Waals surface area (Å²) >= 11 is 0. The molecule has 1 N–H and O–H groups in total. The summed E-state index contributed by atoms with van der Waals surface area (Å²) in [5.41, 5.74) is 1.39. The highest BCUT2D eigenvalue weighted by Crippen LogP contribution is 2.26. The van der Waals surface area contributed by atoms with Crippen LogP contribution in [0.1, 0.15) is 185 Å². The number of H-pyrrole nitrogens is 1. The molecule has 222 valence electrons. The molecule has 1 aromatic heterocycles. The Morgan fingerprint density at radius 3 is 1.38 bits per heavy atom. The molecule has 0 amide bonds. The van der Waals surface area contributed by atoms with Gasteiger partial charge in [0.2, 0.25) is 0 Å². The number of unbranched alkanes of at least 4 members (excludes halogenated alkanes) is 20. The first kappa shape index (κ1) is 33.6. The highest BCUT2D eigenvalue weighted by Gasteiger charge is 2.22. The van der Waals surface area contributed by atoms with Crippen LogP contribution in [0.2, 0.25) is 0 Å². The monoisotopic (exact) mass is 538 g/mol. The third-order valence-electron chi connectivity index (χ3n) is 8.69. The normalized spacial score (nSPS) is 12.3. The topological polar surface area (TPSA) is 19.7 Å². The van der Waals surface area contributed by atoms with Gasteiger partial charge in [-0.3, -0.25) is 0 Å². The number of rotatable bonds is 27. The molecule has 0 unspecified atom stereocenters. The van der Waals surface area contributed by atoms with Crippen molar-refractivity contribution in [3.05, 3.63) is 54.1 Å². The van der Waals surface area contributed by atoms with Gasteiger partial charge < -0.3 is 0 Å². The van der Waals surface area contributed by atoms with E-state index in [1.807, 2.05) is 0 Å². The Morgan fingerprint density at radius 1 is 0.538 bits per heavy atom. The van der Waals surface area contributed by atoms with Gasteiger partial charge in [0.05, 0.1) is 5.92 Å². The molecule has 0 spiro atoms. The lowest BCUT2D eigenvalue weighted by atomic mass is 9.93. The van der Waals surface area contributed by atoms with Crippen molar-refractivity contribution in [3.8, 4) is 0 Å². The number of benzene rings is 1. The van der Waals surface area contributed by atoms with Crippen molar-refractivity contribution in [2.45, 2.75) is 180 Å². The lowest BCUT2D eigenvalue weighted by molar-refractivity contribution is -0.695. The van der Waals surface area contributed by atoms with Crippen LogP contribution in [0.4, 0.5) is 0 Å². The zero-order valence-corrected chi connectivity index (χ0v) is 26.2. The molecular formula is C37H65N2+. The van der Waals surface area contributed by atoms with E-state index in [0.29, 0.717) is 5.92 Å². The fourth-order valence-electron chi connectivity index (χ4n) is 6.17. The average Bonchev–Trinajstić information content (AvgIpc) is 3.41. The first-order valence-electron chi connectivity index (χ1n) is 17.5. The molecule has 39 heavy (non-hydrogen) atoms. The summed E-state index contributed by atoms with van der Waals surface area (Å²) in [6.45, 7) is 5.59. The molecule has 2 rings (SSSR count). The van der Waals surface area contributed by atoms with E-state index in [0.717, 1.165) is 6.54 Å². The van der Waals surface area contributed by atoms with Gasteiger partial charge in [-0.15, -0.1) is 0 Å². The second-order valence-electron chi connectivity index (χ2n) is 12.3. The van der Waals surface area contributed by atoms with Crippen molar-refractivity contribution in [2.24, 2.45) is 0 Å². The largest absolute Gasteiger partial charge is 0.257 e. The minimum atomic E-state index is 0.668. The van der Waals surface area contributed by atoms with Crippen LogP contribution in [0.3, 0.4) is 0 Å². The minimum absolute atomic E-state index is 0.668. The molecule has 0 bridgehead atoms. The molecule has 2 heteroatoms. The summed E-state index contributed by atoms with van der Waals surface area (Å²) in [6, 6.07) is 10.9. The van der Waals surface area contributed by atoms with E-state index in [4.69, 9.17) is 0 Å². The Morgan fingerprint density at radius 2 is 0.949 bits per heavy atom. The number of hydrogen-bond acceptors (Lipinski definition) is 0. The number of aromatic nitrogens is 2. The molecule has 1 atom stereocenters. The minimum Gasteiger partial charge on any atom is -0.247 e. The van der Waals surface area contributed by atoms with E-state index in [9.17, 15) is 0 Å². The molecule has 0 aliphatic rings. The number of nitrogens with zero attached hydrogens (tertiary/aromatic N) is 1. The zero-order valence-electron chi connectivity index (χ0n) is 26.2. The molecule has 1 heterocycles. The number of hydrogen-bond donors (Lipinski definition) is 1. The lowest BCUT2D eigenvalue weighted by Gasteiger charge is -2.14. The van der Waals surface area contributed by atoms with Crippen LogP contribution in [0.5, 0.6) is 0 Å². The molecule has 1 aromatic carbocycles. The summed E-state index contributed by atoms with van der Waals surface area (Å²) in [7, 11) is 0. The van der Waals surface area contributed by atoms with Crippen molar-refractivity contribution < 1.29 is 4.57 Å². The van der Waals surface area contributed by atoms with Crippen LogP contribution in [0.25, 0.3) is 0 Å². The Kier molecular flexibility index (Phi) is 20.9. The first-order chi connectivity index (χ1) is 19.3. The van der Waals surface area contributed by atoms with E-state index in [1.54, 1.807) is 0 Å². The predicted molar refractivity (Wildman–Crippen MR) is 171 cm³/mol. The number of aromatic amines is 1. The van der Waals surface area contributed by atoms with Crippen LogP contribution in [0.15, 0.2) is 42.7 Å². The van der Waals surface area contributed by atoms with Gasteiger partial charge in [0.25, 0.3) is 5.82 Å². The molecule has 0 aliphatic carbocycles. The van der Waals surface area contributed by atoms with Crippen LogP contribution in [-0.4, -0.2) is 4.98 Å². The molecular weight excluding hydrogens is 472 g/mol. The van der Waals surface area contributed by atoms with E-state index in [-0.39, 0.29) is 0 Å². The van der Waals surface area contributed by atoms with Crippen LogP contribution >= 0.6 is 0 Å². The Bertz CT molecular complexity index is 765. The summed E-state index contributed by atoms with van der Waals surface area (Å²) in [6.07, 6.45) is 38.5. The molecule has 2 aromatic rings. The van der Waals surface area contributed by atoms with Crippen LogP contribution < -0.4 is 4.57 Å². The molecule has 2 nitrogen and oxygen atoms in total. The van der Waals surface area contributed by atoms with E-state index in [1.165, 1.54) is 165 Å². The number of nitrogens with one attached hydrogen (secondary N) is 1. The smallest absolute Gasteiger partial charge is 0.247 e. The van der Waals surface area contributed by atoms with E-state index in [2.05, 4.69) is 66.1 Å². The van der Waals surface area contributed by atoms with Crippen LogP contribution in [0, 0.1) is 0 Å². The third-order valence-corrected chi connectivity index (χ3v) is 8.69. The Hall–Kier alpha value is -1.57. The fourth-order valence-corrected chi connectivity index (χ4v) is 6.17. The Balaban J connectivity index is 1.61. The summed E-state index contributed by atoms with van der Waals surface area (Å²) in [5, 5.41) is 0. The van der Waals surface area contributed by atoms with Crippen LogP contribution in [-0.2, 0) is 6.54 Å².